The molecule has 5 heteroatoms. The second kappa shape index (κ2) is 6.28. The first-order chi connectivity index (χ1) is 13.8. The van der Waals surface area contributed by atoms with E-state index in [0.717, 1.165) is 41.0 Å². The van der Waals surface area contributed by atoms with E-state index in [-0.39, 0.29) is 18.1 Å². The molecular weight excluding hydrogens is 364 g/mol. The number of rotatable bonds is 4. The maximum Gasteiger partial charge on any atom is 0.231 e. The van der Waals surface area contributed by atoms with Crippen LogP contribution in [0, 0.1) is 0 Å². The number of aromatic amines is 1. The van der Waals surface area contributed by atoms with Crippen LogP contribution in [0.4, 0.5) is 0 Å². The monoisotopic (exact) mass is 390 g/mol. The Bertz CT molecular complexity index is 1100. The second-order valence-corrected chi connectivity index (χ2v) is 9.19. The molecule has 1 aliphatic carbocycles. The number of carbonyl (C=O) groups excluding carboxylic acids is 1. The van der Waals surface area contributed by atoms with E-state index in [1.54, 1.807) is 0 Å². The van der Waals surface area contributed by atoms with Gasteiger partial charge in [-0.15, -0.1) is 0 Å². The summed E-state index contributed by atoms with van der Waals surface area (Å²) in [5, 5.41) is 4.33. The molecule has 2 aromatic carbocycles. The van der Waals surface area contributed by atoms with Crippen molar-refractivity contribution in [2.24, 2.45) is 0 Å². The fraction of sp³-hybridized carbons (Fsp3) is 0.375. The Morgan fingerprint density at radius 3 is 2.62 bits per heavy atom. The Labute approximate surface area is 170 Å². The summed E-state index contributed by atoms with van der Waals surface area (Å²) in [4.78, 5) is 16.5. The van der Waals surface area contributed by atoms with Crippen molar-refractivity contribution in [3.05, 3.63) is 59.3 Å². The van der Waals surface area contributed by atoms with Gasteiger partial charge < -0.3 is 19.8 Å². The van der Waals surface area contributed by atoms with Crippen molar-refractivity contribution in [2.45, 2.75) is 51.0 Å². The molecule has 3 aromatic rings. The van der Waals surface area contributed by atoms with Crippen LogP contribution < -0.4 is 14.8 Å². The lowest BCUT2D eigenvalue weighted by atomic mass is 9.92. The number of hydrogen-bond donors (Lipinski definition) is 2. The van der Waals surface area contributed by atoms with Crippen molar-refractivity contribution in [3.8, 4) is 11.5 Å². The summed E-state index contributed by atoms with van der Waals surface area (Å²) in [5.41, 5.74) is 4.11. The SMILES string of the molecule is CC(C)(C)c1cc2cc(CNC(=O)C3(c4ccc5c(c4)OCO5)CC3)ccc2[nH]1. The maximum atomic E-state index is 13.0. The number of benzene rings is 2. The highest BCUT2D eigenvalue weighted by Gasteiger charge is 2.51. The predicted octanol–water partition coefficient (Wildman–Crippen LogP) is 4.54. The fourth-order valence-electron chi connectivity index (χ4n) is 4.01. The molecule has 29 heavy (non-hydrogen) atoms. The number of hydrogen-bond acceptors (Lipinski definition) is 3. The van der Waals surface area contributed by atoms with Crippen LogP contribution in [-0.2, 0) is 22.2 Å². The van der Waals surface area contributed by atoms with Crippen LogP contribution in [0.2, 0.25) is 0 Å². The smallest absolute Gasteiger partial charge is 0.231 e. The number of ether oxygens (including phenoxy) is 2. The molecule has 5 nitrogen and oxygen atoms in total. The third kappa shape index (κ3) is 3.15. The molecule has 0 saturated heterocycles. The lowest BCUT2D eigenvalue weighted by molar-refractivity contribution is -0.123. The molecule has 5 rings (SSSR count). The normalized spacial score (nSPS) is 16.8. The van der Waals surface area contributed by atoms with Crippen molar-refractivity contribution >= 4 is 16.8 Å². The van der Waals surface area contributed by atoms with E-state index < -0.39 is 5.41 Å². The molecule has 1 saturated carbocycles. The Morgan fingerprint density at radius 1 is 1.07 bits per heavy atom. The highest BCUT2D eigenvalue weighted by atomic mass is 16.7. The quantitative estimate of drug-likeness (QED) is 0.687. The standard InChI is InChI=1S/C24H26N2O3/c1-23(2,3)21-11-16-10-15(4-6-18(16)26-21)13-25-22(27)24(8-9-24)17-5-7-19-20(12-17)29-14-28-19/h4-7,10-12,26H,8-9,13-14H2,1-3H3,(H,25,27). The average Bonchev–Trinajstić information content (AvgIpc) is 3.17. The molecule has 1 fully saturated rings. The first-order valence-corrected chi connectivity index (χ1v) is 10.2. The minimum atomic E-state index is -0.432. The van der Waals surface area contributed by atoms with Crippen LogP contribution in [0.15, 0.2) is 42.5 Å². The molecule has 1 amide bonds. The lowest BCUT2D eigenvalue weighted by Crippen LogP contribution is -2.34. The van der Waals surface area contributed by atoms with Crippen LogP contribution in [0.25, 0.3) is 10.9 Å². The molecular formula is C24H26N2O3. The van der Waals surface area contributed by atoms with Gasteiger partial charge in [0.1, 0.15) is 0 Å². The van der Waals surface area contributed by atoms with Gasteiger partial charge in [-0.05, 0) is 59.7 Å². The highest BCUT2D eigenvalue weighted by Crippen LogP contribution is 2.50. The van der Waals surface area contributed by atoms with Gasteiger partial charge in [0, 0.05) is 23.2 Å². The summed E-state index contributed by atoms with van der Waals surface area (Å²) in [6, 6.07) is 14.4. The Hall–Kier alpha value is -2.95. The van der Waals surface area contributed by atoms with Crippen LogP contribution in [-0.4, -0.2) is 17.7 Å². The molecule has 1 aliphatic heterocycles. The molecule has 0 bridgehead atoms. The molecule has 150 valence electrons. The van der Waals surface area contributed by atoms with Gasteiger partial charge in [0.25, 0.3) is 0 Å². The van der Waals surface area contributed by atoms with Crippen LogP contribution in [0.3, 0.4) is 0 Å². The molecule has 0 radical (unpaired) electrons. The van der Waals surface area contributed by atoms with Gasteiger partial charge in [0.2, 0.25) is 12.7 Å². The zero-order valence-corrected chi connectivity index (χ0v) is 17.1. The zero-order valence-electron chi connectivity index (χ0n) is 17.1. The summed E-state index contributed by atoms with van der Waals surface area (Å²) in [6.07, 6.45) is 1.73. The van der Waals surface area contributed by atoms with Crippen LogP contribution in [0.1, 0.15) is 50.4 Å². The van der Waals surface area contributed by atoms with Gasteiger partial charge in [-0.3, -0.25) is 4.79 Å². The number of carbonyl (C=O) groups is 1. The van der Waals surface area contributed by atoms with Crippen molar-refractivity contribution < 1.29 is 14.3 Å². The third-order valence-electron chi connectivity index (χ3n) is 6.06. The van der Waals surface area contributed by atoms with Crippen LogP contribution >= 0.6 is 0 Å². The largest absolute Gasteiger partial charge is 0.454 e. The summed E-state index contributed by atoms with van der Waals surface area (Å²) >= 11 is 0. The van der Waals surface area contributed by atoms with Gasteiger partial charge in [-0.1, -0.05) is 32.9 Å². The van der Waals surface area contributed by atoms with Crippen molar-refractivity contribution in [1.29, 1.82) is 0 Å². The molecule has 0 atom stereocenters. The minimum absolute atomic E-state index is 0.0797. The Kier molecular flexibility index (Phi) is 3.92. The molecule has 2 N–H and O–H groups in total. The molecule has 0 unspecified atom stereocenters. The second-order valence-electron chi connectivity index (χ2n) is 9.19. The number of amides is 1. The average molecular weight is 390 g/mol. The number of H-pyrrole nitrogens is 1. The van der Waals surface area contributed by atoms with E-state index in [9.17, 15) is 4.79 Å². The summed E-state index contributed by atoms with van der Waals surface area (Å²) in [7, 11) is 0. The highest BCUT2D eigenvalue weighted by molar-refractivity contribution is 5.91. The van der Waals surface area contributed by atoms with Gasteiger partial charge >= 0.3 is 0 Å². The van der Waals surface area contributed by atoms with E-state index >= 15 is 0 Å². The van der Waals surface area contributed by atoms with Crippen molar-refractivity contribution in [1.82, 2.24) is 10.3 Å². The van der Waals surface area contributed by atoms with Gasteiger partial charge in [0.15, 0.2) is 11.5 Å². The minimum Gasteiger partial charge on any atom is -0.454 e. The summed E-state index contributed by atoms with van der Waals surface area (Å²) in [5.74, 6) is 1.56. The summed E-state index contributed by atoms with van der Waals surface area (Å²) < 4.78 is 10.9. The topological polar surface area (TPSA) is 63.4 Å². The number of fused-ring (bicyclic) bond motifs is 2. The molecule has 0 spiro atoms. The molecule has 2 aliphatic rings. The third-order valence-corrected chi connectivity index (χ3v) is 6.06. The van der Waals surface area contributed by atoms with E-state index in [0.29, 0.717) is 6.54 Å². The van der Waals surface area contributed by atoms with Crippen LogP contribution in [0.5, 0.6) is 11.5 Å². The van der Waals surface area contributed by atoms with Gasteiger partial charge in [-0.25, -0.2) is 0 Å². The fourth-order valence-corrected chi connectivity index (χ4v) is 4.01. The predicted molar refractivity (Wildman–Crippen MR) is 112 cm³/mol. The summed E-state index contributed by atoms with van der Waals surface area (Å²) in [6.45, 7) is 7.37. The lowest BCUT2D eigenvalue weighted by Gasteiger charge is -2.16. The van der Waals surface area contributed by atoms with Gasteiger partial charge in [-0.2, -0.15) is 0 Å². The Balaban J connectivity index is 1.31. The maximum absolute atomic E-state index is 13.0. The first-order valence-electron chi connectivity index (χ1n) is 10.2. The number of nitrogens with one attached hydrogen (secondary N) is 2. The van der Waals surface area contributed by atoms with E-state index in [1.807, 2.05) is 18.2 Å². The van der Waals surface area contributed by atoms with Crippen molar-refractivity contribution in [3.63, 3.8) is 0 Å². The van der Waals surface area contributed by atoms with Gasteiger partial charge in [0.05, 0.1) is 5.41 Å². The van der Waals surface area contributed by atoms with E-state index in [1.165, 1.54) is 11.1 Å². The van der Waals surface area contributed by atoms with E-state index in [2.05, 4.69) is 55.3 Å². The Morgan fingerprint density at radius 2 is 1.86 bits per heavy atom. The number of aromatic nitrogens is 1. The molecule has 1 aromatic heterocycles. The molecule has 2 heterocycles. The zero-order chi connectivity index (χ0) is 20.2. The van der Waals surface area contributed by atoms with Crippen molar-refractivity contribution in [2.75, 3.05) is 6.79 Å². The first kappa shape index (κ1) is 18.1. The van der Waals surface area contributed by atoms with E-state index in [4.69, 9.17) is 9.47 Å².